The first-order chi connectivity index (χ1) is 16.9. The zero-order chi connectivity index (χ0) is 25.2. The number of benzene rings is 1. The number of halogens is 2. The number of nitrogens with one attached hydrogen (secondary N) is 3. The smallest absolute Gasteiger partial charge is 0.407 e. The van der Waals surface area contributed by atoms with Crippen molar-refractivity contribution in [3.05, 3.63) is 63.3 Å². The van der Waals surface area contributed by atoms with Crippen molar-refractivity contribution in [2.45, 2.75) is 44.2 Å². The highest BCUT2D eigenvalue weighted by Crippen LogP contribution is 2.27. The van der Waals surface area contributed by atoms with Crippen molar-refractivity contribution in [3.63, 3.8) is 0 Å². The highest BCUT2D eigenvalue weighted by Gasteiger charge is 2.35. The molecule has 2 aliphatic carbocycles. The second-order valence-electron chi connectivity index (χ2n) is 8.20. The standard InChI is InChI=1S/C25H31FIN3O5/c1-2-28-25(33)34-12-11-29-24(32)17-13-20(30-15-16-7-9-18(26)10-8-16)23(31)22(14-17)35-21-6-4-3-5-19(21)27/h3-9,14,18,20,22-23,30-31H,2,10-13,15H2,1H3,(H,28,33)(H,29,32)/t18?,20-,22+,23+/m1/s1. The Labute approximate surface area is 218 Å². The quantitative estimate of drug-likeness (QED) is 0.244. The highest BCUT2D eigenvalue weighted by molar-refractivity contribution is 14.1. The lowest BCUT2D eigenvalue weighted by atomic mass is 9.89. The number of rotatable bonds is 10. The van der Waals surface area contributed by atoms with E-state index in [2.05, 4.69) is 38.5 Å². The van der Waals surface area contributed by atoms with Gasteiger partial charge in [-0.15, -0.1) is 0 Å². The number of aliphatic hydroxyl groups excluding tert-OH is 1. The van der Waals surface area contributed by atoms with Gasteiger partial charge >= 0.3 is 6.09 Å². The Hall–Kier alpha value is -2.44. The largest absolute Gasteiger partial charge is 0.482 e. The molecule has 0 aromatic heterocycles. The van der Waals surface area contributed by atoms with Gasteiger partial charge in [-0.3, -0.25) is 4.79 Å². The summed E-state index contributed by atoms with van der Waals surface area (Å²) in [4.78, 5) is 24.3. The van der Waals surface area contributed by atoms with Crippen LogP contribution in [-0.2, 0) is 9.53 Å². The lowest BCUT2D eigenvalue weighted by Gasteiger charge is -2.34. The molecule has 3 rings (SSSR count). The van der Waals surface area contributed by atoms with Gasteiger partial charge in [0.25, 0.3) is 0 Å². The second-order valence-corrected chi connectivity index (χ2v) is 9.36. The molecule has 2 amide bonds. The number of aliphatic hydroxyl groups is 1. The van der Waals surface area contributed by atoms with Gasteiger partial charge in [0.1, 0.15) is 30.7 Å². The first-order valence-electron chi connectivity index (χ1n) is 11.6. The summed E-state index contributed by atoms with van der Waals surface area (Å²) in [7, 11) is 0. The van der Waals surface area contributed by atoms with Gasteiger partial charge in [0.05, 0.1) is 10.1 Å². The van der Waals surface area contributed by atoms with E-state index in [0.29, 0.717) is 30.8 Å². The van der Waals surface area contributed by atoms with Gasteiger partial charge in [0.15, 0.2) is 0 Å². The summed E-state index contributed by atoms with van der Waals surface area (Å²) in [6.45, 7) is 2.85. The van der Waals surface area contributed by atoms with Gasteiger partial charge in [0.2, 0.25) is 5.91 Å². The number of alkyl halides is 1. The Morgan fingerprint density at radius 1 is 1.26 bits per heavy atom. The van der Waals surface area contributed by atoms with Gasteiger partial charge in [-0.25, -0.2) is 9.18 Å². The molecule has 0 fully saturated rings. The lowest BCUT2D eigenvalue weighted by molar-refractivity contribution is -0.118. The molecule has 190 valence electrons. The number of amides is 2. The fraction of sp³-hybridized carbons (Fsp3) is 0.440. The second kappa shape index (κ2) is 13.6. The number of carbonyl (C=O) groups excluding carboxylic acids is 2. The van der Waals surface area contributed by atoms with Crippen molar-refractivity contribution in [2.24, 2.45) is 0 Å². The van der Waals surface area contributed by atoms with Gasteiger partial charge in [0, 0.05) is 31.1 Å². The molecule has 0 aliphatic heterocycles. The zero-order valence-electron chi connectivity index (χ0n) is 19.5. The monoisotopic (exact) mass is 599 g/mol. The highest BCUT2D eigenvalue weighted by atomic mass is 127. The molecule has 0 saturated carbocycles. The summed E-state index contributed by atoms with van der Waals surface area (Å²) in [6.07, 6.45) is 4.13. The molecule has 4 atom stereocenters. The minimum atomic E-state index is -0.972. The first kappa shape index (κ1) is 27.2. The average molecular weight is 599 g/mol. The van der Waals surface area contributed by atoms with Crippen LogP contribution in [0.3, 0.4) is 0 Å². The number of carbonyl (C=O) groups is 2. The van der Waals surface area contributed by atoms with Crippen molar-refractivity contribution in [3.8, 4) is 5.75 Å². The Morgan fingerprint density at radius 3 is 2.77 bits per heavy atom. The Balaban J connectivity index is 1.66. The van der Waals surface area contributed by atoms with Crippen LogP contribution in [0.2, 0.25) is 0 Å². The molecular weight excluding hydrogens is 568 g/mol. The first-order valence-corrected chi connectivity index (χ1v) is 12.7. The van der Waals surface area contributed by atoms with Crippen LogP contribution in [0.5, 0.6) is 5.75 Å². The molecule has 1 aromatic carbocycles. The number of allylic oxidation sites excluding steroid dienone is 2. The zero-order valence-corrected chi connectivity index (χ0v) is 21.7. The van der Waals surface area contributed by atoms with Crippen LogP contribution in [0.25, 0.3) is 0 Å². The van der Waals surface area contributed by atoms with Crippen molar-refractivity contribution >= 4 is 34.6 Å². The van der Waals surface area contributed by atoms with Crippen LogP contribution < -0.4 is 20.7 Å². The Morgan fingerprint density at radius 2 is 2.06 bits per heavy atom. The van der Waals surface area contributed by atoms with E-state index < -0.39 is 30.5 Å². The molecule has 1 unspecified atom stereocenters. The molecule has 35 heavy (non-hydrogen) atoms. The SMILES string of the molecule is CCNC(=O)OCCNC(=O)C1=C[C@H](Oc2ccccc2I)[C@@H](O)[C@H](NCC2=CCC(F)C=C2)C1. The number of hydrogen-bond acceptors (Lipinski definition) is 6. The summed E-state index contributed by atoms with van der Waals surface area (Å²) in [5.41, 5.74) is 1.38. The molecule has 0 radical (unpaired) electrons. The van der Waals surface area contributed by atoms with Crippen LogP contribution in [0.15, 0.2) is 59.7 Å². The average Bonchev–Trinajstić information content (AvgIpc) is 2.84. The number of alkyl carbamates (subject to hydrolysis) is 1. The maximum Gasteiger partial charge on any atom is 0.407 e. The Kier molecular flexibility index (Phi) is 10.5. The van der Waals surface area contributed by atoms with Crippen LogP contribution in [-0.4, -0.2) is 67.8 Å². The molecule has 2 aliphatic rings. The molecular formula is C25H31FIN3O5. The van der Waals surface area contributed by atoms with E-state index in [1.807, 2.05) is 30.3 Å². The van der Waals surface area contributed by atoms with E-state index in [0.717, 1.165) is 9.14 Å². The van der Waals surface area contributed by atoms with Crippen LogP contribution in [0.1, 0.15) is 19.8 Å². The van der Waals surface area contributed by atoms with E-state index >= 15 is 0 Å². The van der Waals surface area contributed by atoms with Gasteiger partial charge in [-0.1, -0.05) is 30.4 Å². The van der Waals surface area contributed by atoms with Crippen LogP contribution in [0.4, 0.5) is 9.18 Å². The van der Waals surface area contributed by atoms with E-state index in [9.17, 15) is 19.1 Å². The van der Waals surface area contributed by atoms with Crippen LogP contribution in [0, 0.1) is 3.57 Å². The minimum Gasteiger partial charge on any atom is -0.482 e. The molecule has 8 nitrogen and oxygen atoms in total. The fourth-order valence-corrected chi connectivity index (χ4v) is 4.25. The van der Waals surface area contributed by atoms with Crippen molar-refractivity contribution in [1.29, 1.82) is 0 Å². The summed E-state index contributed by atoms with van der Waals surface area (Å²) in [6, 6.07) is 6.97. The number of ether oxygens (including phenoxy) is 2. The normalized spacial score (nSPS) is 23.7. The molecule has 1 aromatic rings. The molecule has 0 bridgehead atoms. The summed E-state index contributed by atoms with van der Waals surface area (Å²) in [5, 5.41) is 19.6. The number of para-hydroxylation sites is 1. The van der Waals surface area contributed by atoms with Crippen molar-refractivity contribution in [2.75, 3.05) is 26.2 Å². The molecule has 10 heteroatoms. The molecule has 0 spiro atoms. The fourth-order valence-electron chi connectivity index (χ4n) is 3.74. The molecule has 0 saturated heterocycles. The third kappa shape index (κ3) is 8.32. The van der Waals surface area contributed by atoms with E-state index in [-0.39, 0.29) is 25.5 Å². The van der Waals surface area contributed by atoms with Gasteiger partial charge in [-0.05, 0) is 59.7 Å². The minimum absolute atomic E-state index is 0.0351. The molecule has 0 heterocycles. The van der Waals surface area contributed by atoms with E-state index in [1.54, 1.807) is 19.1 Å². The van der Waals surface area contributed by atoms with Crippen molar-refractivity contribution < 1.29 is 28.6 Å². The number of hydrogen-bond donors (Lipinski definition) is 4. The van der Waals surface area contributed by atoms with Crippen LogP contribution >= 0.6 is 22.6 Å². The van der Waals surface area contributed by atoms with Gasteiger partial charge < -0.3 is 30.5 Å². The van der Waals surface area contributed by atoms with E-state index in [1.165, 1.54) is 6.08 Å². The maximum absolute atomic E-state index is 13.4. The summed E-state index contributed by atoms with van der Waals surface area (Å²) >= 11 is 2.15. The van der Waals surface area contributed by atoms with Gasteiger partial charge in [-0.2, -0.15) is 0 Å². The predicted molar refractivity (Wildman–Crippen MR) is 139 cm³/mol. The van der Waals surface area contributed by atoms with Crippen molar-refractivity contribution in [1.82, 2.24) is 16.0 Å². The third-order valence-corrected chi connectivity index (χ3v) is 6.47. The third-order valence-electron chi connectivity index (χ3n) is 5.58. The summed E-state index contributed by atoms with van der Waals surface area (Å²) in [5.74, 6) is 0.285. The predicted octanol–water partition coefficient (Wildman–Crippen LogP) is 2.77. The summed E-state index contributed by atoms with van der Waals surface area (Å²) < 4.78 is 25.3. The van der Waals surface area contributed by atoms with E-state index in [4.69, 9.17) is 9.47 Å². The lowest BCUT2D eigenvalue weighted by Crippen LogP contribution is -2.52. The molecule has 4 N–H and O–H groups in total. The maximum atomic E-state index is 13.4. The Bertz CT molecular complexity index is 984. The topological polar surface area (TPSA) is 109 Å².